The zero-order valence-electron chi connectivity index (χ0n) is 6.97. The van der Waals surface area contributed by atoms with Crippen molar-refractivity contribution in [1.29, 1.82) is 0 Å². The Balaban J connectivity index is 2.73. The lowest BCUT2D eigenvalue weighted by molar-refractivity contribution is -0.384. The summed E-state index contributed by atoms with van der Waals surface area (Å²) >= 11 is 0. The molecule has 14 heavy (non-hydrogen) atoms. The highest BCUT2D eigenvalue weighted by Crippen LogP contribution is 2.17. The molecule has 0 radical (unpaired) electrons. The molecule has 1 aromatic carbocycles. The fourth-order valence-electron chi connectivity index (χ4n) is 0.772. The summed E-state index contributed by atoms with van der Waals surface area (Å²) in [6.07, 6.45) is -0.649. The second-order valence-electron chi connectivity index (χ2n) is 2.28. The van der Waals surface area contributed by atoms with Gasteiger partial charge in [0.2, 0.25) is 0 Å². The van der Waals surface area contributed by atoms with Gasteiger partial charge in [0.05, 0.1) is 4.92 Å². The predicted octanol–water partition coefficient (Wildman–Crippen LogP) is 1.47. The van der Waals surface area contributed by atoms with Crippen LogP contribution in [0.3, 0.4) is 0 Å². The van der Waals surface area contributed by atoms with Crippen molar-refractivity contribution in [3.63, 3.8) is 0 Å². The molecule has 7 heteroatoms. The highest BCUT2D eigenvalue weighted by molar-refractivity contribution is 7.15. The van der Waals surface area contributed by atoms with Crippen LogP contribution in [-0.4, -0.2) is 11.0 Å². The minimum absolute atomic E-state index is 0.0522. The van der Waals surface area contributed by atoms with Gasteiger partial charge >= 0.3 is 6.09 Å². The first-order valence-electron chi connectivity index (χ1n) is 3.56. The molecule has 0 aromatic heterocycles. The molecule has 0 saturated carbocycles. The van der Waals surface area contributed by atoms with Crippen molar-refractivity contribution in [2.75, 3.05) is 0 Å². The Morgan fingerprint density at radius 2 is 2.00 bits per heavy atom. The summed E-state index contributed by atoms with van der Waals surface area (Å²) in [5.41, 5.74) is -0.0522. The predicted molar refractivity (Wildman–Crippen MR) is 52.0 cm³/mol. The van der Waals surface area contributed by atoms with E-state index in [0.29, 0.717) is 0 Å². The monoisotopic (exact) mass is 214 g/mol. The maximum atomic E-state index is 10.7. The molecule has 0 aliphatic carbocycles. The summed E-state index contributed by atoms with van der Waals surface area (Å²) in [5, 5.41) is 12.4. The smallest absolute Gasteiger partial charge is 0.410 e. The molecule has 0 saturated heterocycles. The molecule has 0 heterocycles. The SMILES string of the molecule is O=C(NP)Oc1ccc([N+](=O)[O-])cc1. The summed E-state index contributed by atoms with van der Waals surface area (Å²) in [7, 11) is 1.98. The van der Waals surface area contributed by atoms with Crippen molar-refractivity contribution in [3.05, 3.63) is 34.4 Å². The topological polar surface area (TPSA) is 81.5 Å². The van der Waals surface area contributed by atoms with Crippen LogP contribution in [0.4, 0.5) is 10.5 Å². The Morgan fingerprint density at radius 3 is 2.43 bits per heavy atom. The maximum absolute atomic E-state index is 10.7. The highest BCUT2D eigenvalue weighted by Gasteiger charge is 2.06. The average Bonchev–Trinajstić information content (AvgIpc) is 2.18. The molecule has 0 aliphatic heterocycles. The van der Waals surface area contributed by atoms with Crippen LogP contribution in [0.2, 0.25) is 0 Å². The summed E-state index contributed by atoms with van der Waals surface area (Å²) in [6, 6.07) is 5.20. The van der Waals surface area contributed by atoms with Crippen molar-refractivity contribution in [1.82, 2.24) is 5.09 Å². The van der Waals surface area contributed by atoms with Crippen LogP contribution in [-0.2, 0) is 0 Å². The van der Waals surface area contributed by atoms with Gasteiger partial charge in [-0.05, 0) is 21.5 Å². The number of hydrogen-bond acceptors (Lipinski definition) is 4. The molecule has 0 aliphatic rings. The van der Waals surface area contributed by atoms with Crippen LogP contribution in [0.15, 0.2) is 24.3 Å². The number of nitro benzene ring substituents is 1. The molecule has 1 rings (SSSR count). The maximum Gasteiger partial charge on any atom is 0.415 e. The third-order valence-corrected chi connectivity index (χ3v) is 1.61. The number of non-ortho nitro benzene ring substituents is 1. The fourth-order valence-corrected chi connectivity index (χ4v) is 0.831. The molecular weight excluding hydrogens is 207 g/mol. The van der Waals surface area contributed by atoms with E-state index in [-0.39, 0.29) is 11.4 Å². The zero-order chi connectivity index (χ0) is 10.6. The third kappa shape index (κ3) is 2.67. The second kappa shape index (κ2) is 4.53. The Morgan fingerprint density at radius 1 is 1.43 bits per heavy atom. The summed E-state index contributed by atoms with van der Waals surface area (Å²) in [6.45, 7) is 0. The standard InChI is InChI=1S/C7H7N2O4P/c10-7(8-14)13-6-3-1-5(2-4-6)9(11)12/h1-4H,14H2,(H,8,10). The van der Waals surface area contributed by atoms with Crippen molar-refractivity contribution >= 4 is 21.2 Å². The second-order valence-corrected chi connectivity index (χ2v) is 2.57. The van der Waals surface area contributed by atoms with Crippen LogP contribution < -0.4 is 9.82 Å². The number of nitrogens with zero attached hydrogens (tertiary/aromatic N) is 1. The summed E-state index contributed by atoms with van der Waals surface area (Å²) in [5.74, 6) is 0.246. The van der Waals surface area contributed by atoms with E-state index in [0.717, 1.165) is 0 Å². The van der Waals surface area contributed by atoms with E-state index in [1.807, 2.05) is 9.39 Å². The van der Waals surface area contributed by atoms with E-state index < -0.39 is 11.0 Å². The first-order chi connectivity index (χ1) is 6.63. The minimum Gasteiger partial charge on any atom is -0.410 e. The van der Waals surface area contributed by atoms with E-state index in [1.54, 1.807) is 0 Å². The Bertz CT molecular complexity index is 351. The number of amides is 1. The molecule has 0 bridgehead atoms. The Labute approximate surface area is 81.7 Å². The largest absolute Gasteiger partial charge is 0.415 e. The zero-order valence-corrected chi connectivity index (χ0v) is 8.12. The molecule has 6 nitrogen and oxygen atoms in total. The minimum atomic E-state index is -0.649. The van der Waals surface area contributed by atoms with E-state index in [4.69, 9.17) is 4.74 Å². The third-order valence-electron chi connectivity index (χ3n) is 1.38. The fraction of sp³-hybridized carbons (Fsp3) is 0. The van der Waals surface area contributed by atoms with Gasteiger partial charge in [0.25, 0.3) is 5.69 Å². The molecule has 1 aromatic rings. The summed E-state index contributed by atoms with van der Waals surface area (Å²) in [4.78, 5) is 20.5. The number of rotatable bonds is 2. The quantitative estimate of drug-likeness (QED) is 0.459. The van der Waals surface area contributed by atoms with Gasteiger partial charge in [-0.15, -0.1) is 0 Å². The number of carbonyl (C=O) groups excluding carboxylic acids is 1. The van der Waals surface area contributed by atoms with E-state index in [2.05, 4.69) is 5.09 Å². The van der Waals surface area contributed by atoms with Gasteiger partial charge in [0, 0.05) is 12.1 Å². The lowest BCUT2D eigenvalue weighted by atomic mass is 10.3. The van der Waals surface area contributed by atoms with Crippen molar-refractivity contribution in [3.8, 4) is 5.75 Å². The van der Waals surface area contributed by atoms with E-state index in [9.17, 15) is 14.9 Å². The van der Waals surface area contributed by atoms with Gasteiger partial charge in [0.1, 0.15) is 5.75 Å². The molecule has 0 fully saturated rings. The Kier molecular flexibility index (Phi) is 3.36. The number of benzene rings is 1. The van der Waals surface area contributed by atoms with Crippen molar-refractivity contribution in [2.24, 2.45) is 0 Å². The Hall–Kier alpha value is -1.68. The van der Waals surface area contributed by atoms with Gasteiger partial charge in [-0.3, -0.25) is 10.1 Å². The van der Waals surface area contributed by atoms with Gasteiger partial charge in [-0.1, -0.05) is 0 Å². The van der Waals surface area contributed by atoms with Gasteiger partial charge in [-0.2, -0.15) is 0 Å². The first kappa shape index (κ1) is 10.4. The molecule has 1 unspecified atom stereocenters. The number of nitrogens with one attached hydrogen (secondary N) is 1. The average molecular weight is 214 g/mol. The highest BCUT2D eigenvalue weighted by atomic mass is 31.0. The van der Waals surface area contributed by atoms with Gasteiger partial charge in [-0.25, -0.2) is 4.79 Å². The number of hydrogen-bond donors (Lipinski definition) is 1. The van der Waals surface area contributed by atoms with Crippen molar-refractivity contribution < 1.29 is 14.5 Å². The van der Waals surface area contributed by atoms with Crippen LogP contribution in [0.1, 0.15) is 0 Å². The van der Waals surface area contributed by atoms with E-state index in [1.165, 1.54) is 24.3 Å². The van der Waals surface area contributed by atoms with Crippen LogP contribution in [0, 0.1) is 10.1 Å². The molecule has 74 valence electrons. The van der Waals surface area contributed by atoms with E-state index >= 15 is 0 Å². The first-order valence-corrected chi connectivity index (χ1v) is 4.14. The number of carbonyl (C=O) groups is 1. The molecule has 1 N–H and O–H groups in total. The van der Waals surface area contributed by atoms with Gasteiger partial charge < -0.3 is 9.82 Å². The molecule has 1 amide bonds. The van der Waals surface area contributed by atoms with Crippen molar-refractivity contribution in [2.45, 2.75) is 0 Å². The van der Waals surface area contributed by atoms with Crippen LogP contribution >= 0.6 is 9.39 Å². The normalized spacial score (nSPS) is 9.21. The summed E-state index contributed by atoms with van der Waals surface area (Å²) < 4.78 is 4.70. The lowest BCUT2D eigenvalue weighted by Gasteiger charge is -2.01. The molecule has 1 atom stereocenters. The number of ether oxygens (including phenoxy) is 1. The lowest BCUT2D eigenvalue weighted by Crippen LogP contribution is -2.16. The van der Waals surface area contributed by atoms with Crippen LogP contribution in [0.5, 0.6) is 5.75 Å². The van der Waals surface area contributed by atoms with Crippen LogP contribution in [0.25, 0.3) is 0 Å². The number of nitro groups is 1. The molecular formula is C7H7N2O4P. The molecule has 0 spiro atoms. The van der Waals surface area contributed by atoms with Gasteiger partial charge in [0.15, 0.2) is 0 Å².